The Kier molecular flexibility index (Phi) is 4.48. The number of aromatic nitrogens is 6. The Balaban J connectivity index is 0.795. The quantitative estimate of drug-likeness (QED) is 0.555. The van der Waals surface area contributed by atoms with Gasteiger partial charge in [-0.05, 0) is 56.4 Å². The van der Waals surface area contributed by atoms with Crippen LogP contribution in [0.5, 0.6) is 0 Å². The Morgan fingerprint density at radius 2 is 1.71 bits per heavy atom. The molecule has 0 atom stereocenters. The number of alkyl halides is 3. The number of hydrogen-bond donors (Lipinski definition) is 1. The first kappa shape index (κ1) is 22.8. The molecule has 9 nitrogen and oxygen atoms in total. The summed E-state index contributed by atoms with van der Waals surface area (Å²) < 4.78 is 40.0. The molecule has 2 spiro atoms. The van der Waals surface area contributed by atoms with Gasteiger partial charge in [-0.2, -0.15) is 23.4 Å². The molecule has 0 unspecified atom stereocenters. The monoisotopic (exact) mass is 526 g/mol. The van der Waals surface area contributed by atoms with Crippen LogP contribution in [0, 0.1) is 16.7 Å². The van der Waals surface area contributed by atoms with Crippen LogP contribution in [0.15, 0.2) is 18.5 Å². The van der Waals surface area contributed by atoms with Crippen LogP contribution >= 0.6 is 0 Å². The van der Waals surface area contributed by atoms with E-state index >= 15 is 0 Å². The molecular formula is C26H29F3N8O. The smallest absolute Gasteiger partial charge is 0.323 e. The maximum absolute atomic E-state index is 13.0. The van der Waals surface area contributed by atoms with Crippen molar-refractivity contribution in [3.05, 3.63) is 41.4 Å². The van der Waals surface area contributed by atoms with Gasteiger partial charge in [-0.25, -0.2) is 19.3 Å². The van der Waals surface area contributed by atoms with Gasteiger partial charge in [0.05, 0.1) is 0 Å². The normalized spacial score (nSPS) is 24.4. The van der Waals surface area contributed by atoms with Gasteiger partial charge >= 0.3 is 12.2 Å². The Morgan fingerprint density at radius 1 is 1.03 bits per heavy atom. The highest BCUT2D eigenvalue weighted by Gasteiger charge is 2.58. The third-order valence-electron chi connectivity index (χ3n) is 9.48. The van der Waals surface area contributed by atoms with Crippen LogP contribution in [-0.4, -0.2) is 71.8 Å². The summed E-state index contributed by atoms with van der Waals surface area (Å²) in [5.41, 5.74) is 0.633. The summed E-state index contributed by atoms with van der Waals surface area (Å²) in [5, 5.41) is 11.2. The number of carbonyl (C=O) groups is 1. The zero-order valence-corrected chi connectivity index (χ0v) is 20.9. The summed E-state index contributed by atoms with van der Waals surface area (Å²) in [5.74, 6) is 3.47. The second-order valence-corrected chi connectivity index (χ2v) is 12.7. The molecular weight excluding hydrogens is 497 g/mol. The van der Waals surface area contributed by atoms with Crippen molar-refractivity contribution in [2.45, 2.75) is 63.0 Å². The summed E-state index contributed by atoms with van der Waals surface area (Å²) in [4.78, 5) is 25.8. The zero-order valence-electron chi connectivity index (χ0n) is 20.9. The van der Waals surface area contributed by atoms with Gasteiger partial charge in [-0.15, -0.1) is 0 Å². The number of rotatable bonds is 4. The lowest BCUT2D eigenvalue weighted by Crippen LogP contribution is -2.70. The van der Waals surface area contributed by atoms with Gasteiger partial charge in [-0.1, -0.05) is 0 Å². The molecule has 0 bridgehead atoms. The topological polar surface area (TPSA) is 95.3 Å². The average molecular weight is 527 g/mol. The van der Waals surface area contributed by atoms with E-state index in [1.165, 1.54) is 17.4 Å². The van der Waals surface area contributed by atoms with Gasteiger partial charge in [0.25, 0.3) is 0 Å². The predicted octanol–water partition coefficient (Wildman–Crippen LogP) is 4.00. The summed E-state index contributed by atoms with van der Waals surface area (Å²) in [6, 6.07) is 1.13. The van der Waals surface area contributed by atoms with Gasteiger partial charge in [0.1, 0.15) is 5.82 Å². The lowest BCUT2D eigenvalue weighted by atomic mass is 9.56. The van der Waals surface area contributed by atoms with E-state index in [0.29, 0.717) is 17.8 Å². The van der Waals surface area contributed by atoms with Gasteiger partial charge in [0.2, 0.25) is 0 Å². The first-order valence-corrected chi connectivity index (χ1v) is 13.5. The number of carbonyl (C=O) groups excluding carboxylic acids is 1. The molecule has 0 radical (unpaired) electrons. The van der Waals surface area contributed by atoms with Gasteiger partial charge in [-0.3, -0.25) is 5.10 Å². The highest BCUT2D eigenvalue weighted by atomic mass is 19.4. The third-order valence-corrected chi connectivity index (χ3v) is 9.48. The van der Waals surface area contributed by atoms with Crippen LogP contribution < -0.4 is 0 Å². The molecule has 5 aliphatic rings. The molecule has 1 N–H and O–H groups in total. The van der Waals surface area contributed by atoms with E-state index in [1.54, 1.807) is 12.4 Å². The number of nitrogens with one attached hydrogen (secondary N) is 1. The Hall–Kier alpha value is -3.18. The molecule has 3 saturated carbocycles. The fraction of sp³-hybridized carbons (Fsp3) is 0.654. The minimum Gasteiger partial charge on any atom is -0.323 e. The Bertz CT molecular complexity index is 1410. The molecule has 8 rings (SSSR count). The van der Waals surface area contributed by atoms with Crippen molar-refractivity contribution in [2.24, 2.45) is 16.7 Å². The molecule has 5 fully saturated rings. The van der Waals surface area contributed by atoms with Crippen molar-refractivity contribution in [1.29, 1.82) is 0 Å². The molecule has 2 amide bonds. The van der Waals surface area contributed by atoms with Crippen molar-refractivity contribution >= 4 is 11.7 Å². The number of amides is 2. The average Bonchev–Trinajstić information content (AvgIpc) is 3.33. The number of likely N-dealkylation sites (tertiary alicyclic amines) is 2. The van der Waals surface area contributed by atoms with E-state index in [1.807, 2.05) is 9.80 Å². The Labute approximate surface area is 216 Å². The number of nitrogens with zero attached hydrogens (tertiary/aromatic N) is 7. The molecule has 3 aromatic rings. The van der Waals surface area contributed by atoms with Crippen LogP contribution in [0.4, 0.5) is 18.0 Å². The molecule has 5 heterocycles. The number of H-pyrrole nitrogens is 1. The van der Waals surface area contributed by atoms with E-state index in [-0.39, 0.29) is 22.5 Å². The summed E-state index contributed by atoms with van der Waals surface area (Å²) in [6.45, 7) is 3.29. The summed E-state index contributed by atoms with van der Waals surface area (Å²) in [7, 11) is 0. The van der Waals surface area contributed by atoms with Crippen molar-refractivity contribution < 1.29 is 18.0 Å². The number of halogens is 3. The van der Waals surface area contributed by atoms with E-state index in [9.17, 15) is 18.0 Å². The van der Waals surface area contributed by atoms with E-state index in [4.69, 9.17) is 4.98 Å². The summed E-state index contributed by atoms with van der Waals surface area (Å²) >= 11 is 0. The largest absolute Gasteiger partial charge is 0.435 e. The van der Waals surface area contributed by atoms with E-state index < -0.39 is 11.9 Å². The van der Waals surface area contributed by atoms with Crippen LogP contribution in [0.3, 0.4) is 0 Å². The lowest BCUT2D eigenvalue weighted by Gasteiger charge is -2.63. The number of urea groups is 1. The maximum atomic E-state index is 13.0. The lowest BCUT2D eigenvalue weighted by molar-refractivity contribution is -0.141. The van der Waals surface area contributed by atoms with Crippen LogP contribution in [-0.2, 0) is 12.6 Å². The molecule has 2 aliphatic heterocycles. The van der Waals surface area contributed by atoms with E-state index in [2.05, 4.69) is 20.3 Å². The molecule has 0 aromatic carbocycles. The number of aromatic amines is 1. The van der Waals surface area contributed by atoms with Gasteiger partial charge in [0.15, 0.2) is 17.2 Å². The summed E-state index contributed by atoms with van der Waals surface area (Å²) in [6.07, 6.45) is 6.23. The molecule has 2 saturated heterocycles. The minimum absolute atomic E-state index is 0.163. The SMILES string of the molecule is O=C(N1CC2(CC(Cc3cnc4cc(C(F)(F)F)nn4c3)C2)C1)N1CC2(CC(c3n[nH]c(C4CC4)n3)C2)C1. The first-order valence-electron chi connectivity index (χ1n) is 13.5. The van der Waals surface area contributed by atoms with Crippen LogP contribution in [0.2, 0.25) is 0 Å². The predicted molar refractivity (Wildman–Crippen MR) is 128 cm³/mol. The van der Waals surface area contributed by atoms with Crippen molar-refractivity contribution in [3.8, 4) is 0 Å². The minimum atomic E-state index is -4.48. The molecule has 12 heteroatoms. The zero-order chi connectivity index (χ0) is 25.9. The van der Waals surface area contributed by atoms with E-state index in [0.717, 1.165) is 81.6 Å². The van der Waals surface area contributed by atoms with Crippen molar-refractivity contribution in [3.63, 3.8) is 0 Å². The van der Waals surface area contributed by atoms with Crippen LogP contribution in [0.25, 0.3) is 5.65 Å². The molecule has 3 aromatic heterocycles. The fourth-order valence-electron chi connectivity index (χ4n) is 7.49. The maximum Gasteiger partial charge on any atom is 0.435 e. The fourth-order valence-corrected chi connectivity index (χ4v) is 7.49. The first-order chi connectivity index (χ1) is 18.2. The number of hydrogen-bond acceptors (Lipinski definition) is 5. The third kappa shape index (κ3) is 3.62. The van der Waals surface area contributed by atoms with Gasteiger partial charge in [0, 0.05) is 67.3 Å². The number of fused-ring (bicyclic) bond motifs is 1. The second-order valence-electron chi connectivity index (χ2n) is 12.7. The standard InChI is InChI=1S/C26H29F3N8O/c27-26(28,29)19-4-20-30-9-16(10-37(20)34-19)3-15-5-24(6-15)11-35(12-24)23(38)36-13-25(14-36)7-18(8-25)22-31-21(32-33-22)17-1-2-17/h4,9-10,15,17-18H,1-3,5-8,11-14H2,(H,31,32,33). The Morgan fingerprint density at radius 3 is 2.37 bits per heavy atom. The van der Waals surface area contributed by atoms with Crippen molar-refractivity contribution in [2.75, 3.05) is 26.2 Å². The van der Waals surface area contributed by atoms with Gasteiger partial charge < -0.3 is 9.80 Å². The second kappa shape index (κ2) is 7.47. The van der Waals surface area contributed by atoms with Crippen LogP contribution in [0.1, 0.15) is 73.3 Å². The molecule has 38 heavy (non-hydrogen) atoms. The molecule has 200 valence electrons. The highest BCUT2D eigenvalue weighted by molar-refractivity contribution is 5.77. The van der Waals surface area contributed by atoms with Crippen molar-refractivity contribution in [1.82, 2.24) is 39.6 Å². The highest BCUT2D eigenvalue weighted by Crippen LogP contribution is 2.57. The molecule has 3 aliphatic carbocycles.